The lowest BCUT2D eigenvalue weighted by molar-refractivity contribution is 0.0787. The molecule has 1 aliphatic carbocycles. The topological polar surface area (TPSA) is 80.7 Å². The zero-order valence-electron chi connectivity index (χ0n) is 11.9. The number of carbonyl (C=O) groups is 1. The zero-order chi connectivity index (χ0) is 15.5. The van der Waals surface area contributed by atoms with Gasteiger partial charge in [0.15, 0.2) is 0 Å². The molecule has 0 atom stereocenters. The van der Waals surface area contributed by atoms with E-state index in [0.29, 0.717) is 43.9 Å². The molecule has 118 valence electrons. The third-order valence-electron chi connectivity index (χ3n) is 3.83. The maximum absolute atomic E-state index is 13.5. The number of nitrogens with zero attached hydrogens (tertiary/aromatic N) is 1. The average molecular weight is 308 g/mol. The molecular formula is C15H17FN2O4. The first-order chi connectivity index (χ1) is 10.6. The number of pyridine rings is 1. The van der Waals surface area contributed by atoms with Crippen molar-refractivity contribution in [3.63, 3.8) is 0 Å². The van der Waals surface area contributed by atoms with Gasteiger partial charge in [0.05, 0.1) is 19.4 Å². The van der Waals surface area contributed by atoms with Crippen LogP contribution in [-0.4, -0.2) is 41.5 Å². The highest BCUT2D eigenvalue weighted by molar-refractivity contribution is 5.70. The Hall–Kier alpha value is -2.15. The minimum absolute atomic E-state index is 0.0892. The average Bonchev–Trinajstić information content (AvgIpc) is 2.47. The SMILES string of the molecule is O=C(O)N[C@H]1C[C@H](Oc2ncc(F)cc2C2=CCOCC2)C1. The van der Waals surface area contributed by atoms with E-state index in [0.717, 1.165) is 11.8 Å². The molecule has 1 aromatic heterocycles. The number of aromatic nitrogens is 1. The van der Waals surface area contributed by atoms with Gasteiger partial charge in [-0.3, -0.25) is 0 Å². The van der Waals surface area contributed by atoms with Crippen LogP contribution in [0.1, 0.15) is 24.8 Å². The van der Waals surface area contributed by atoms with E-state index in [1.165, 1.54) is 6.07 Å². The Bertz CT molecular complexity index is 599. The highest BCUT2D eigenvalue weighted by Crippen LogP contribution is 2.32. The molecule has 0 radical (unpaired) electrons. The summed E-state index contributed by atoms with van der Waals surface area (Å²) in [6.07, 6.45) is 3.77. The van der Waals surface area contributed by atoms with E-state index < -0.39 is 11.9 Å². The van der Waals surface area contributed by atoms with Crippen molar-refractivity contribution in [2.75, 3.05) is 13.2 Å². The summed E-state index contributed by atoms with van der Waals surface area (Å²) in [6.45, 7) is 1.09. The third-order valence-corrected chi connectivity index (χ3v) is 3.83. The molecule has 0 aromatic carbocycles. The van der Waals surface area contributed by atoms with Gasteiger partial charge in [-0.2, -0.15) is 0 Å². The van der Waals surface area contributed by atoms with Gasteiger partial charge in [0.1, 0.15) is 11.9 Å². The third kappa shape index (κ3) is 3.36. The second-order valence-electron chi connectivity index (χ2n) is 5.42. The Morgan fingerprint density at radius 3 is 3.00 bits per heavy atom. The zero-order valence-corrected chi connectivity index (χ0v) is 11.9. The van der Waals surface area contributed by atoms with Crippen LogP contribution in [0.2, 0.25) is 0 Å². The molecule has 22 heavy (non-hydrogen) atoms. The van der Waals surface area contributed by atoms with Crippen molar-refractivity contribution in [2.45, 2.75) is 31.4 Å². The Labute approximate surface area is 126 Å². The number of halogens is 1. The first-order valence-electron chi connectivity index (χ1n) is 7.20. The summed E-state index contributed by atoms with van der Waals surface area (Å²) in [5.74, 6) is -0.0119. The summed E-state index contributed by atoms with van der Waals surface area (Å²) in [4.78, 5) is 14.6. The van der Waals surface area contributed by atoms with E-state index in [1.807, 2.05) is 6.08 Å². The Kier molecular flexibility index (Phi) is 4.24. The van der Waals surface area contributed by atoms with Gasteiger partial charge in [0, 0.05) is 24.4 Å². The molecule has 6 nitrogen and oxygen atoms in total. The number of hydrogen-bond acceptors (Lipinski definition) is 4. The largest absolute Gasteiger partial charge is 0.474 e. The van der Waals surface area contributed by atoms with Gasteiger partial charge in [0.2, 0.25) is 5.88 Å². The van der Waals surface area contributed by atoms with Gasteiger partial charge in [-0.05, 0) is 18.1 Å². The number of hydrogen-bond donors (Lipinski definition) is 2. The van der Waals surface area contributed by atoms with Gasteiger partial charge in [-0.15, -0.1) is 0 Å². The van der Waals surface area contributed by atoms with Gasteiger partial charge < -0.3 is 19.9 Å². The fourth-order valence-electron chi connectivity index (χ4n) is 2.63. The lowest BCUT2D eigenvalue weighted by Gasteiger charge is -2.35. The molecule has 1 aliphatic heterocycles. The van der Waals surface area contributed by atoms with Crippen LogP contribution in [0.5, 0.6) is 5.88 Å². The second kappa shape index (κ2) is 6.31. The molecule has 1 aromatic rings. The smallest absolute Gasteiger partial charge is 0.404 e. The Morgan fingerprint density at radius 2 is 2.32 bits per heavy atom. The summed E-state index contributed by atoms with van der Waals surface area (Å²) < 4.78 is 24.6. The first-order valence-corrected chi connectivity index (χ1v) is 7.20. The van der Waals surface area contributed by atoms with Crippen LogP contribution >= 0.6 is 0 Å². The molecule has 2 aliphatic rings. The molecule has 2 N–H and O–H groups in total. The predicted molar refractivity (Wildman–Crippen MR) is 76.2 cm³/mol. The first kappa shape index (κ1) is 14.8. The molecular weight excluding hydrogens is 291 g/mol. The normalized spacial score (nSPS) is 24.1. The van der Waals surface area contributed by atoms with E-state index in [4.69, 9.17) is 14.6 Å². The summed E-state index contributed by atoms with van der Waals surface area (Å²) in [5.41, 5.74) is 1.62. The predicted octanol–water partition coefficient (Wildman–Crippen LogP) is 2.20. The standard InChI is InChI=1S/C15H17FN2O4/c16-10-5-13(9-1-3-21-4-2-9)14(17-8-10)22-12-6-11(7-12)18-15(19)20/h1,5,8,11-12,18H,2-4,6-7H2,(H,19,20)/t11-,12-. The summed E-state index contributed by atoms with van der Waals surface area (Å²) in [5, 5.41) is 11.1. The highest BCUT2D eigenvalue weighted by atomic mass is 19.1. The molecule has 1 amide bonds. The molecule has 0 saturated heterocycles. The van der Waals surface area contributed by atoms with Crippen LogP contribution < -0.4 is 10.1 Å². The van der Waals surface area contributed by atoms with Crippen molar-refractivity contribution in [3.8, 4) is 5.88 Å². The second-order valence-corrected chi connectivity index (χ2v) is 5.42. The summed E-state index contributed by atoms with van der Waals surface area (Å²) >= 11 is 0. The number of ether oxygens (including phenoxy) is 2. The Morgan fingerprint density at radius 1 is 1.50 bits per heavy atom. The highest BCUT2D eigenvalue weighted by Gasteiger charge is 2.33. The Balaban J connectivity index is 1.69. The van der Waals surface area contributed by atoms with Gasteiger partial charge in [-0.1, -0.05) is 6.08 Å². The lowest BCUT2D eigenvalue weighted by atomic mass is 9.89. The van der Waals surface area contributed by atoms with Crippen molar-refractivity contribution in [1.82, 2.24) is 10.3 Å². The minimum Gasteiger partial charge on any atom is -0.474 e. The van der Waals surface area contributed by atoms with Crippen LogP contribution in [0.4, 0.5) is 9.18 Å². The molecule has 3 rings (SSSR count). The van der Waals surface area contributed by atoms with E-state index in [9.17, 15) is 9.18 Å². The number of carboxylic acid groups (broad SMARTS) is 1. The summed E-state index contributed by atoms with van der Waals surface area (Å²) in [6, 6.07) is 1.33. The molecule has 1 fully saturated rings. The van der Waals surface area contributed by atoms with Gasteiger partial charge in [-0.25, -0.2) is 14.2 Å². The molecule has 7 heteroatoms. The van der Waals surface area contributed by atoms with Crippen molar-refractivity contribution in [1.29, 1.82) is 0 Å². The van der Waals surface area contributed by atoms with Crippen molar-refractivity contribution in [3.05, 3.63) is 29.7 Å². The maximum atomic E-state index is 13.5. The van der Waals surface area contributed by atoms with Crippen LogP contribution in [0.15, 0.2) is 18.3 Å². The van der Waals surface area contributed by atoms with E-state index in [1.54, 1.807) is 0 Å². The fourth-order valence-corrected chi connectivity index (χ4v) is 2.63. The number of rotatable bonds is 4. The van der Waals surface area contributed by atoms with E-state index in [2.05, 4.69) is 10.3 Å². The monoisotopic (exact) mass is 308 g/mol. The van der Waals surface area contributed by atoms with Gasteiger partial charge in [0.25, 0.3) is 0 Å². The summed E-state index contributed by atoms with van der Waals surface area (Å²) in [7, 11) is 0. The van der Waals surface area contributed by atoms with E-state index in [-0.39, 0.29) is 12.1 Å². The van der Waals surface area contributed by atoms with E-state index >= 15 is 0 Å². The minimum atomic E-state index is -1.03. The molecule has 0 bridgehead atoms. The van der Waals surface area contributed by atoms with Crippen molar-refractivity contribution < 1.29 is 23.8 Å². The molecule has 0 spiro atoms. The van der Waals surface area contributed by atoms with Crippen LogP contribution in [0.3, 0.4) is 0 Å². The molecule has 2 heterocycles. The van der Waals surface area contributed by atoms with Crippen LogP contribution in [0.25, 0.3) is 5.57 Å². The maximum Gasteiger partial charge on any atom is 0.404 e. The number of amides is 1. The van der Waals surface area contributed by atoms with Gasteiger partial charge >= 0.3 is 6.09 Å². The molecule has 0 unspecified atom stereocenters. The quantitative estimate of drug-likeness (QED) is 0.891. The van der Waals surface area contributed by atoms with Crippen molar-refractivity contribution >= 4 is 11.7 Å². The van der Waals surface area contributed by atoms with Crippen LogP contribution in [0, 0.1) is 5.82 Å². The van der Waals surface area contributed by atoms with Crippen molar-refractivity contribution in [2.24, 2.45) is 0 Å². The number of nitrogens with one attached hydrogen (secondary N) is 1. The molecule has 1 saturated carbocycles. The lowest BCUT2D eigenvalue weighted by Crippen LogP contribution is -2.48. The van der Waals surface area contributed by atoms with Crippen LogP contribution in [-0.2, 0) is 4.74 Å². The fraction of sp³-hybridized carbons (Fsp3) is 0.467.